The summed E-state index contributed by atoms with van der Waals surface area (Å²) in [6, 6.07) is 13.1. The molecule has 0 bridgehead atoms. The molecule has 1 aromatic heterocycles. The van der Waals surface area contributed by atoms with Gasteiger partial charge in [0.25, 0.3) is 5.56 Å². The summed E-state index contributed by atoms with van der Waals surface area (Å²) in [5.74, 6) is 1.64. The van der Waals surface area contributed by atoms with Crippen molar-refractivity contribution in [1.29, 1.82) is 0 Å². The molecule has 180 valence electrons. The number of hydrogen-bond acceptors (Lipinski definition) is 7. The smallest absolute Gasteiger partial charge is 0.257 e. The van der Waals surface area contributed by atoms with Gasteiger partial charge >= 0.3 is 0 Å². The summed E-state index contributed by atoms with van der Waals surface area (Å²) in [4.78, 5) is 34.2. The molecule has 0 radical (unpaired) electrons. The number of aromatic amines is 1. The van der Waals surface area contributed by atoms with Crippen LogP contribution in [0.2, 0.25) is 5.02 Å². The molecule has 1 atom stereocenters. The normalized spacial score (nSPS) is 16.9. The SMILES string of the molecule is COc1ccc([C@@H]2C3=C(CCCC3=O)Nc3nc(SCc4ccccc4Cl)[nH]c(=O)c32)cc1OC. The average molecular weight is 510 g/mol. The van der Waals surface area contributed by atoms with Crippen LogP contribution in [0, 0.1) is 0 Å². The molecular weight excluding hydrogens is 486 g/mol. The summed E-state index contributed by atoms with van der Waals surface area (Å²) in [6.07, 6.45) is 1.94. The lowest BCUT2D eigenvalue weighted by Crippen LogP contribution is -2.32. The number of benzene rings is 2. The number of H-pyrrole nitrogens is 1. The molecule has 5 rings (SSSR count). The topological polar surface area (TPSA) is 93.3 Å². The highest BCUT2D eigenvalue weighted by Crippen LogP contribution is 2.45. The van der Waals surface area contributed by atoms with Crippen LogP contribution in [-0.2, 0) is 10.5 Å². The summed E-state index contributed by atoms with van der Waals surface area (Å²) in [5.41, 5.74) is 3.33. The van der Waals surface area contributed by atoms with Gasteiger partial charge < -0.3 is 19.8 Å². The number of ether oxygens (including phenoxy) is 2. The highest BCUT2D eigenvalue weighted by molar-refractivity contribution is 7.98. The maximum atomic E-state index is 13.4. The fourth-order valence-corrected chi connectivity index (χ4v) is 5.78. The van der Waals surface area contributed by atoms with Gasteiger partial charge in [0.15, 0.2) is 22.4 Å². The fraction of sp³-hybridized carbons (Fsp3) is 0.269. The molecule has 9 heteroatoms. The Morgan fingerprint density at radius 2 is 1.89 bits per heavy atom. The van der Waals surface area contributed by atoms with Crippen LogP contribution in [0.5, 0.6) is 11.5 Å². The Balaban J connectivity index is 1.59. The molecule has 3 aromatic rings. The van der Waals surface area contributed by atoms with Gasteiger partial charge in [-0.2, -0.15) is 0 Å². The van der Waals surface area contributed by atoms with Crippen molar-refractivity contribution in [2.24, 2.45) is 0 Å². The summed E-state index contributed by atoms with van der Waals surface area (Å²) < 4.78 is 10.9. The first-order valence-electron chi connectivity index (χ1n) is 11.3. The zero-order chi connectivity index (χ0) is 24.5. The summed E-state index contributed by atoms with van der Waals surface area (Å²) in [7, 11) is 3.13. The minimum Gasteiger partial charge on any atom is -0.493 e. The van der Waals surface area contributed by atoms with E-state index in [0.29, 0.717) is 50.8 Å². The van der Waals surface area contributed by atoms with Gasteiger partial charge in [0.1, 0.15) is 5.82 Å². The minimum atomic E-state index is -0.548. The number of ketones is 1. The van der Waals surface area contributed by atoms with Crippen LogP contribution in [0.4, 0.5) is 5.82 Å². The van der Waals surface area contributed by atoms with Gasteiger partial charge in [-0.3, -0.25) is 9.59 Å². The standard InChI is InChI=1S/C26H24ClN3O4S/c1-33-19-11-10-14(12-20(19)34-2)21-22-17(8-5-9-18(22)31)28-24-23(21)25(32)30-26(29-24)35-13-15-6-3-4-7-16(15)27/h3-4,6-7,10-12,21H,5,8-9,13H2,1-2H3,(H2,28,29,30,32)/t21-/m1/s1. The molecular formula is C26H24ClN3O4S. The molecule has 7 nitrogen and oxygen atoms in total. The van der Waals surface area contributed by atoms with E-state index in [0.717, 1.165) is 29.7 Å². The number of fused-ring (bicyclic) bond motifs is 1. The molecule has 0 fully saturated rings. The number of methoxy groups -OCH3 is 2. The lowest BCUT2D eigenvalue weighted by molar-refractivity contribution is -0.116. The van der Waals surface area contributed by atoms with Crippen LogP contribution in [-0.4, -0.2) is 30.0 Å². The Bertz CT molecular complexity index is 1400. The number of rotatable bonds is 6. The third kappa shape index (κ3) is 4.44. The average Bonchev–Trinajstić information content (AvgIpc) is 2.86. The van der Waals surface area contributed by atoms with Gasteiger partial charge in [-0.15, -0.1) is 0 Å². The number of halogens is 1. The maximum Gasteiger partial charge on any atom is 0.257 e. The summed E-state index contributed by atoms with van der Waals surface area (Å²) >= 11 is 7.69. The molecule has 0 saturated heterocycles. The molecule has 1 aliphatic heterocycles. The van der Waals surface area contributed by atoms with Crippen LogP contribution >= 0.6 is 23.4 Å². The lowest BCUT2D eigenvalue weighted by atomic mass is 9.76. The number of nitrogens with one attached hydrogen (secondary N) is 2. The number of nitrogens with zero attached hydrogens (tertiary/aromatic N) is 1. The Hall–Kier alpha value is -3.23. The zero-order valence-corrected chi connectivity index (χ0v) is 20.9. The number of aromatic nitrogens is 2. The van der Waals surface area contributed by atoms with Gasteiger partial charge in [0.05, 0.1) is 19.8 Å². The second-order valence-electron chi connectivity index (χ2n) is 8.35. The first-order chi connectivity index (χ1) is 17.0. The molecule has 0 amide bonds. The van der Waals surface area contributed by atoms with Crippen LogP contribution in [0.3, 0.4) is 0 Å². The van der Waals surface area contributed by atoms with E-state index in [2.05, 4.69) is 10.3 Å². The van der Waals surface area contributed by atoms with E-state index >= 15 is 0 Å². The van der Waals surface area contributed by atoms with Crippen molar-refractivity contribution < 1.29 is 14.3 Å². The van der Waals surface area contributed by atoms with E-state index in [1.807, 2.05) is 36.4 Å². The Kier molecular flexibility index (Phi) is 6.58. The van der Waals surface area contributed by atoms with Gasteiger partial charge in [-0.05, 0) is 42.2 Å². The number of carbonyl (C=O) groups is 1. The predicted molar refractivity (Wildman–Crippen MR) is 137 cm³/mol. The molecule has 0 spiro atoms. The van der Waals surface area contributed by atoms with Gasteiger partial charge in [-0.1, -0.05) is 47.6 Å². The number of allylic oxidation sites excluding steroid dienone is 2. The number of hydrogen-bond donors (Lipinski definition) is 2. The number of Topliss-reactive ketones (excluding diaryl/α,β-unsaturated/α-hetero) is 1. The second kappa shape index (κ2) is 9.79. The van der Waals surface area contributed by atoms with E-state index in [1.165, 1.54) is 11.8 Å². The summed E-state index contributed by atoms with van der Waals surface area (Å²) in [6.45, 7) is 0. The highest BCUT2D eigenvalue weighted by atomic mass is 35.5. The highest BCUT2D eigenvalue weighted by Gasteiger charge is 2.38. The van der Waals surface area contributed by atoms with Crippen LogP contribution in [0.25, 0.3) is 0 Å². The maximum absolute atomic E-state index is 13.4. The number of carbonyl (C=O) groups excluding carboxylic acids is 1. The molecule has 2 N–H and O–H groups in total. The van der Waals surface area contributed by atoms with Crippen molar-refractivity contribution in [3.05, 3.63) is 85.8 Å². The zero-order valence-electron chi connectivity index (χ0n) is 19.3. The van der Waals surface area contributed by atoms with Crippen molar-refractivity contribution in [2.45, 2.75) is 36.1 Å². The predicted octanol–water partition coefficient (Wildman–Crippen LogP) is 5.30. The second-order valence-corrected chi connectivity index (χ2v) is 9.73. The molecule has 2 aromatic carbocycles. The van der Waals surface area contributed by atoms with Gasteiger partial charge in [0.2, 0.25) is 0 Å². The van der Waals surface area contributed by atoms with E-state index in [1.54, 1.807) is 20.3 Å². The van der Waals surface area contributed by atoms with Crippen LogP contribution < -0.4 is 20.3 Å². The Morgan fingerprint density at radius 1 is 1.09 bits per heavy atom. The lowest BCUT2D eigenvalue weighted by Gasteiger charge is -2.33. The Morgan fingerprint density at radius 3 is 2.66 bits per heavy atom. The van der Waals surface area contributed by atoms with Gasteiger partial charge in [0, 0.05) is 34.4 Å². The monoisotopic (exact) mass is 509 g/mol. The fourth-order valence-electron chi connectivity index (χ4n) is 4.64. The van der Waals surface area contributed by atoms with E-state index in [4.69, 9.17) is 26.1 Å². The van der Waals surface area contributed by atoms with Crippen molar-refractivity contribution in [2.75, 3.05) is 19.5 Å². The van der Waals surface area contributed by atoms with Crippen LogP contribution in [0.15, 0.2) is 63.7 Å². The molecule has 2 heterocycles. The summed E-state index contributed by atoms with van der Waals surface area (Å²) in [5, 5.41) is 4.46. The van der Waals surface area contributed by atoms with Crippen molar-refractivity contribution in [3.63, 3.8) is 0 Å². The quantitative estimate of drug-likeness (QED) is 0.344. The number of thioether (sulfide) groups is 1. The van der Waals surface area contributed by atoms with E-state index < -0.39 is 5.92 Å². The third-order valence-corrected chi connectivity index (χ3v) is 7.59. The van der Waals surface area contributed by atoms with Crippen molar-refractivity contribution in [1.82, 2.24) is 9.97 Å². The van der Waals surface area contributed by atoms with Crippen molar-refractivity contribution >= 4 is 35.0 Å². The molecule has 0 unspecified atom stereocenters. The first-order valence-corrected chi connectivity index (χ1v) is 12.6. The van der Waals surface area contributed by atoms with Crippen molar-refractivity contribution in [3.8, 4) is 11.5 Å². The van der Waals surface area contributed by atoms with Gasteiger partial charge in [-0.25, -0.2) is 4.98 Å². The number of anilines is 1. The van der Waals surface area contributed by atoms with Crippen LogP contribution in [0.1, 0.15) is 41.9 Å². The third-order valence-electron chi connectivity index (χ3n) is 6.30. The first kappa shape index (κ1) is 23.5. The van der Waals surface area contributed by atoms with E-state index in [9.17, 15) is 9.59 Å². The van der Waals surface area contributed by atoms with E-state index in [-0.39, 0.29) is 11.3 Å². The minimum absolute atomic E-state index is 0.0424. The molecule has 2 aliphatic rings. The molecule has 0 saturated carbocycles. The molecule has 35 heavy (non-hydrogen) atoms. The molecule has 1 aliphatic carbocycles. The largest absolute Gasteiger partial charge is 0.493 e. The Labute approximate surface area is 211 Å².